The van der Waals surface area contributed by atoms with Gasteiger partial charge in [0.1, 0.15) is 11.1 Å². The number of hydrogen-bond acceptors (Lipinski definition) is 9. The number of likely N-dealkylation sites (tertiary alicyclic amines) is 3. The Morgan fingerprint density at radius 3 is 2.24 bits per heavy atom. The van der Waals surface area contributed by atoms with Crippen molar-refractivity contribution >= 4 is 27.4 Å². The predicted octanol–water partition coefficient (Wildman–Crippen LogP) is 4.83. The van der Waals surface area contributed by atoms with Crippen LogP contribution in [0.2, 0.25) is 0 Å². The molecule has 0 bridgehead atoms. The van der Waals surface area contributed by atoms with E-state index in [1.807, 2.05) is 11.0 Å². The zero-order chi connectivity index (χ0) is 39.2. The molecule has 0 spiro atoms. The van der Waals surface area contributed by atoms with Gasteiger partial charge in [0, 0.05) is 43.7 Å². The quantitative estimate of drug-likeness (QED) is 0.270. The summed E-state index contributed by atoms with van der Waals surface area (Å²) in [6.45, 7) is 8.45. The smallest absolute Gasteiger partial charge is 0.305 e. The molecule has 0 radical (unpaired) electrons. The minimum Gasteiger partial charge on any atom is -0.469 e. The largest absolute Gasteiger partial charge is 0.469 e. The van der Waals surface area contributed by atoms with Gasteiger partial charge in [-0.1, -0.05) is 18.6 Å². The lowest BCUT2D eigenvalue weighted by Gasteiger charge is -2.54. The second-order valence-corrected chi connectivity index (χ2v) is 20.0. The SMILES string of the molecule is COC(=O)C[C@H]1CCC[C@@H]1[C@](CN1CCC1)(c1cccc(F)c1)C1CCN(CC2(F)CN(c3ccc(S(=O)(=O)C4CN(C(=O)CC(C)(C)O)C4)cc3)C2)CC1. The maximum absolute atomic E-state index is 16.3. The number of amides is 1. The van der Waals surface area contributed by atoms with E-state index < -0.39 is 26.4 Å². The van der Waals surface area contributed by atoms with E-state index in [9.17, 15) is 23.1 Å². The lowest BCUT2D eigenvalue weighted by molar-refractivity contribution is -0.142. The van der Waals surface area contributed by atoms with E-state index in [0.29, 0.717) is 13.0 Å². The number of ether oxygens (including phenoxy) is 1. The van der Waals surface area contributed by atoms with Gasteiger partial charge in [-0.2, -0.15) is 0 Å². The number of benzene rings is 2. The molecule has 7 rings (SSSR count). The second-order valence-electron chi connectivity index (χ2n) is 17.8. The molecule has 10 nitrogen and oxygen atoms in total. The van der Waals surface area contributed by atoms with Crippen LogP contribution >= 0.6 is 0 Å². The van der Waals surface area contributed by atoms with Crippen molar-refractivity contribution in [2.45, 2.75) is 92.0 Å². The molecule has 0 unspecified atom stereocenters. The number of aliphatic hydroxyl groups is 1. The van der Waals surface area contributed by atoms with E-state index >= 15 is 8.78 Å². The molecule has 4 aliphatic heterocycles. The van der Waals surface area contributed by atoms with Gasteiger partial charge in [0.15, 0.2) is 15.5 Å². The summed E-state index contributed by atoms with van der Waals surface area (Å²) in [5, 5.41) is 9.24. The third-order valence-corrected chi connectivity index (χ3v) is 15.4. The summed E-state index contributed by atoms with van der Waals surface area (Å²) in [4.78, 5) is 33.3. The molecule has 5 fully saturated rings. The number of carbonyl (C=O) groups excluding carboxylic acids is 2. The Morgan fingerprint density at radius 1 is 0.945 bits per heavy atom. The Balaban J connectivity index is 0.975. The molecule has 1 N–H and O–H groups in total. The van der Waals surface area contributed by atoms with Crippen LogP contribution in [0.5, 0.6) is 0 Å². The highest BCUT2D eigenvalue weighted by Gasteiger charge is 2.54. The van der Waals surface area contributed by atoms with Gasteiger partial charge >= 0.3 is 5.97 Å². The second kappa shape index (κ2) is 15.7. The number of nitrogens with zero attached hydrogens (tertiary/aromatic N) is 4. The number of rotatable bonds is 14. The van der Waals surface area contributed by atoms with Crippen LogP contribution in [0.3, 0.4) is 0 Å². The maximum Gasteiger partial charge on any atom is 0.305 e. The van der Waals surface area contributed by atoms with E-state index in [1.54, 1.807) is 44.2 Å². The number of piperidine rings is 1. The van der Waals surface area contributed by atoms with Crippen LogP contribution < -0.4 is 4.90 Å². The van der Waals surface area contributed by atoms with Gasteiger partial charge in [-0.25, -0.2) is 17.2 Å². The first-order valence-corrected chi connectivity index (χ1v) is 21.7. The maximum atomic E-state index is 16.3. The molecule has 1 aliphatic carbocycles. The Morgan fingerprint density at radius 2 is 1.64 bits per heavy atom. The standard InChI is InChI=1S/C42H58F2N4O6S/c1-40(2,51)23-38(49)47-24-36(25-47)55(52,53)35-13-11-34(12-14-35)48-27-41(44,28-48)26-46-19-15-31(16-20-46)42(29-45-17-6-18-45,32-8-5-9-33(43)22-32)37-10-4-7-30(37)21-39(50)54-3/h5,8-9,11-14,22,30-31,36-37,51H,4,6-7,10,15-21,23-29H2,1-3H3/t30-,37+,42+/m1/s1. The number of sulfone groups is 1. The molecule has 13 heteroatoms. The highest BCUT2D eigenvalue weighted by Crippen LogP contribution is 2.54. The highest BCUT2D eigenvalue weighted by atomic mass is 32.2. The molecule has 5 aliphatic rings. The summed E-state index contributed by atoms with van der Waals surface area (Å²) in [5.74, 6) is -0.0431. The van der Waals surface area contributed by atoms with Crippen LogP contribution in [0.25, 0.3) is 0 Å². The number of esters is 1. The number of alkyl halides is 1. The summed E-state index contributed by atoms with van der Waals surface area (Å²) < 4.78 is 62.9. The molecule has 3 atom stereocenters. The molecular formula is C42H58F2N4O6S. The van der Waals surface area contributed by atoms with Crippen LogP contribution in [0.15, 0.2) is 53.4 Å². The molecule has 2 aromatic rings. The Labute approximate surface area is 325 Å². The van der Waals surface area contributed by atoms with Crippen LogP contribution in [-0.4, -0.2) is 129 Å². The number of carbonyl (C=O) groups is 2. The van der Waals surface area contributed by atoms with E-state index in [2.05, 4.69) is 15.9 Å². The van der Waals surface area contributed by atoms with Crippen molar-refractivity contribution in [1.29, 1.82) is 0 Å². The minimum atomic E-state index is -3.64. The third kappa shape index (κ3) is 8.46. The number of anilines is 1. The van der Waals surface area contributed by atoms with Crippen molar-refractivity contribution < 1.29 is 36.6 Å². The lowest BCUT2D eigenvalue weighted by Crippen LogP contribution is -2.64. The van der Waals surface area contributed by atoms with Crippen LogP contribution in [0.1, 0.15) is 70.8 Å². The first-order valence-electron chi connectivity index (χ1n) is 20.1. The van der Waals surface area contributed by atoms with Crippen molar-refractivity contribution in [3.8, 4) is 0 Å². The first-order chi connectivity index (χ1) is 26.1. The molecule has 1 saturated carbocycles. The van der Waals surface area contributed by atoms with Crippen LogP contribution in [-0.2, 0) is 29.6 Å². The highest BCUT2D eigenvalue weighted by molar-refractivity contribution is 7.92. The molecule has 2 aromatic carbocycles. The van der Waals surface area contributed by atoms with Gasteiger partial charge in [-0.3, -0.25) is 14.5 Å². The summed E-state index contributed by atoms with van der Waals surface area (Å²) in [6.07, 6.45) is 6.20. The van der Waals surface area contributed by atoms with E-state index in [4.69, 9.17) is 4.74 Å². The summed E-state index contributed by atoms with van der Waals surface area (Å²) in [5.41, 5.74) is -1.07. The number of methoxy groups -OCH3 is 1. The van der Waals surface area contributed by atoms with Crippen molar-refractivity contribution in [3.05, 3.63) is 59.9 Å². The van der Waals surface area contributed by atoms with Crippen LogP contribution in [0.4, 0.5) is 14.5 Å². The van der Waals surface area contributed by atoms with Gasteiger partial charge in [-0.15, -0.1) is 0 Å². The Bertz CT molecular complexity index is 1800. The number of halogens is 2. The summed E-state index contributed by atoms with van der Waals surface area (Å²) in [6, 6.07) is 13.8. The van der Waals surface area contributed by atoms with Gasteiger partial charge < -0.3 is 24.5 Å². The average Bonchev–Trinajstić information content (AvgIpc) is 3.54. The molecular weight excluding hydrogens is 727 g/mol. The monoisotopic (exact) mass is 784 g/mol. The molecule has 4 saturated heterocycles. The van der Waals surface area contributed by atoms with E-state index in [-0.39, 0.29) is 78.4 Å². The Kier molecular flexibility index (Phi) is 11.4. The zero-order valence-electron chi connectivity index (χ0n) is 32.6. The fraction of sp³-hybridized carbons (Fsp3) is 0.667. The number of hydrogen-bond donors (Lipinski definition) is 1. The molecule has 55 heavy (non-hydrogen) atoms. The molecule has 1 amide bonds. The normalized spacial score (nSPS) is 25.1. The fourth-order valence-corrected chi connectivity index (χ4v) is 12.0. The zero-order valence-corrected chi connectivity index (χ0v) is 33.4. The summed E-state index contributed by atoms with van der Waals surface area (Å²) >= 11 is 0. The topological polar surface area (TPSA) is 111 Å². The van der Waals surface area contributed by atoms with Crippen molar-refractivity contribution in [3.63, 3.8) is 0 Å². The van der Waals surface area contributed by atoms with Gasteiger partial charge in [0.05, 0.1) is 37.1 Å². The van der Waals surface area contributed by atoms with Crippen molar-refractivity contribution in [2.75, 3.05) is 77.5 Å². The first kappa shape index (κ1) is 40.1. The lowest BCUT2D eigenvalue weighted by atomic mass is 9.56. The minimum absolute atomic E-state index is 0.0602. The molecule has 0 aromatic heterocycles. The molecule has 302 valence electrons. The molecule has 4 heterocycles. The van der Waals surface area contributed by atoms with Gasteiger partial charge in [0.2, 0.25) is 5.91 Å². The van der Waals surface area contributed by atoms with Gasteiger partial charge in [0.25, 0.3) is 0 Å². The third-order valence-electron chi connectivity index (χ3n) is 13.3. The fourth-order valence-electron chi connectivity index (χ4n) is 10.3. The average molecular weight is 785 g/mol. The van der Waals surface area contributed by atoms with E-state index in [1.165, 1.54) is 18.1 Å². The van der Waals surface area contributed by atoms with Gasteiger partial charge in [-0.05, 0) is 132 Å². The summed E-state index contributed by atoms with van der Waals surface area (Å²) in [7, 11) is -2.19. The van der Waals surface area contributed by atoms with Crippen LogP contribution in [0, 0.1) is 23.6 Å². The Hall–Kier alpha value is -3.13. The van der Waals surface area contributed by atoms with E-state index in [0.717, 1.165) is 82.5 Å². The van der Waals surface area contributed by atoms with Crippen molar-refractivity contribution in [2.24, 2.45) is 17.8 Å². The predicted molar refractivity (Wildman–Crippen MR) is 207 cm³/mol. The van der Waals surface area contributed by atoms with Crippen molar-refractivity contribution in [1.82, 2.24) is 14.7 Å².